The van der Waals surface area contributed by atoms with Crippen LogP contribution in [0.15, 0.2) is 35.3 Å². The zero-order valence-electron chi connectivity index (χ0n) is 10.9. The molecule has 0 saturated carbocycles. The Labute approximate surface area is 109 Å². The van der Waals surface area contributed by atoms with Crippen LogP contribution in [0.3, 0.4) is 0 Å². The Hall–Kier alpha value is -1.19. The van der Waals surface area contributed by atoms with Crippen LogP contribution in [-0.4, -0.2) is 38.2 Å². The molecule has 1 saturated heterocycles. The number of hydrogen-bond acceptors (Lipinski definition) is 3. The highest BCUT2D eigenvalue weighted by Crippen LogP contribution is 2.11. The van der Waals surface area contributed by atoms with Crippen molar-refractivity contribution in [1.29, 1.82) is 0 Å². The van der Waals surface area contributed by atoms with Gasteiger partial charge >= 0.3 is 0 Å². The van der Waals surface area contributed by atoms with Gasteiger partial charge in [-0.05, 0) is 25.3 Å². The summed E-state index contributed by atoms with van der Waals surface area (Å²) in [5, 5.41) is 0. The Morgan fingerprint density at radius 2 is 2.22 bits per heavy atom. The number of ether oxygens (including phenoxy) is 2. The standard InChI is InChI=1S/C15H21NO2/c1-13(17-11-15-12-18-15)6-5-9-16-10-14-7-3-2-4-8-14/h2-4,7-8,10,13,15H,5-6,9,11-12H2,1H3. The molecule has 18 heavy (non-hydrogen) atoms. The van der Waals surface area contributed by atoms with Gasteiger partial charge in [0, 0.05) is 12.8 Å². The van der Waals surface area contributed by atoms with Gasteiger partial charge in [-0.3, -0.25) is 4.99 Å². The number of hydrogen-bond donors (Lipinski definition) is 0. The van der Waals surface area contributed by atoms with E-state index >= 15 is 0 Å². The highest BCUT2D eigenvalue weighted by Gasteiger charge is 2.23. The number of epoxide rings is 1. The first-order valence-corrected chi connectivity index (χ1v) is 6.62. The summed E-state index contributed by atoms with van der Waals surface area (Å²) in [6.45, 7) is 4.59. The normalized spacial score (nSPS) is 20.2. The second kappa shape index (κ2) is 7.29. The molecule has 0 amide bonds. The first kappa shape index (κ1) is 13.2. The monoisotopic (exact) mass is 247 g/mol. The Bertz CT molecular complexity index is 360. The fourth-order valence-electron chi connectivity index (χ4n) is 1.70. The largest absolute Gasteiger partial charge is 0.376 e. The molecule has 1 heterocycles. The van der Waals surface area contributed by atoms with E-state index in [4.69, 9.17) is 9.47 Å². The third-order valence-corrected chi connectivity index (χ3v) is 2.91. The second-order valence-corrected chi connectivity index (χ2v) is 4.69. The molecule has 2 rings (SSSR count). The van der Waals surface area contributed by atoms with Crippen LogP contribution in [0, 0.1) is 0 Å². The molecule has 1 aromatic rings. The number of aliphatic imine (C=N–C) groups is 1. The lowest BCUT2D eigenvalue weighted by molar-refractivity contribution is 0.0485. The number of rotatable bonds is 8. The van der Waals surface area contributed by atoms with E-state index in [-0.39, 0.29) is 0 Å². The summed E-state index contributed by atoms with van der Waals surface area (Å²) in [4.78, 5) is 4.42. The third-order valence-electron chi connectivity index (χ3n) is 2.91. The van der Waals surface area contributed by atoms with Crippen molar-refractivity contribution < 1.29 is 9.47 Å². The molecule has 2 unspecified atom stereocenters. The van der Waals surface area contributed by atoms with Gasteiger partial charge < -0.3 is 9.47 Å². The molecule has 0 spiro atoms. The molecule has 3 heteroatoms. The maximum Gasteiger partial charge on any atom is 0.104 e. The van der Waals surface area contributed by atoms with Crippen LogP contribution in [0.4, 0.5) is 0 Å². The highest BCUT2D eigenvalue weighted by atomic mass is 16.6. The Morgan fingerprint density at radius 1 is 1.44 bits per heavy atom. The summed E-state index contributed by atoms with van der Waals surface area (Å²) in [6, 6.07) is 10.2. The molecule has 0 bridgehead atoms. The topological polar surface area (TPSA) is 34.1 Å². The molecule has 2 atom stereocenters. The predicted octanol–water partition coefficient (Wildman–Crippen LogP) is 2.69. The molecule has 1 aliphatic rings. The van der Waals surface area contributed by atoms with Crippen LogP contribution in [0.5, 0.6) is 0 Å². The summed E-state index contributed by atoms with van der Waals surface area (Å²) < 4.78 is 10.8. The Kier molecular flexibility index (Phi) is 5.36. The zero-order chi connectivity index (χ0) is 12.6. The first-order valence-electron chi connectivity index (χ1n) is 6.62. The molecule has 1 aliphatic heterocycles. The maximum absolute atomic E-state index is 5.65. The lowest BCUT2D eigenvalue weighted by Gasteiger charge is -2.10. The Morgan fingerprint density at radius 3 is 2.94 bits per heavy atom. The van der Waals surface area contributed by atoms with Crippen molar-refractivity contribution in [3.63, 3.8) is 0 Å². The van der Waals surface area contributed by atoms with E-state index in [0.29, 0.717) is 12.2 Å². The van der Waals surface area contributed by atoms with Crippen molar-refractivity contribution in [3.05, 3.63) is 35.9 Å². The minimum Gasteiger partial charge on any atom is -0.376 e. The lowest BCUT2D eigenvalue weighted by Crippen LogP contribution is -2.12. The third kappa shape index (κ3) is 5.43. The fraction of sp³-hybridized carbons (Fsp3) is 0.533. The van der Waals surface area contributed by atoms with Crippen LogP contribution < -0.4 is 0 Å². The second-order valence-electron chi connectivity index (χ2n) is 4.69. The van der Waals surface area contributed by atoms with Crippen LogP contribution in [0.25, 0.3) is 0 Å². The van der Waals surface area contributed by atoms with Gasteiger partial charge in [0.05, 0.1) is 19.3 Å². The van der Waals surface area contributed by atoms with E-state index in [1.54, 1.807) is 0 Å². The average Bonchev–Trinajstić information content (AvgIpc) is 3.21. The SMILES string of the molecule is CC(CCCN=Cc1ccccc1)OCC1CO1. The molecule has 3 nitrogen and oxygen atoms in total. The van der Waals surface area contributed by atoms with Crippen LogP contribution in [0.2, 0.25) is 0 Å². The molecule has 0 aromatic heterocycles. The number of benzene rings is 1. The molecule has 0 N–H and O–H groups in total. The van der Waals surface area contributed by atoms with Gasteiger partial charge in [-0.25, -0.2) is 0 Å². The maximum atomic E-state index is 5.65. The van der Waals surface area contributed by atoms with Crippen LogP contribution >= 0.6 is 0 Å². The molecule has 1 fully saturated rings. The lowest BCUT2D eigenvalue weighted by atomic mass is 10.2. The van der Waals surface area contributed by atoms with Crippen molar-refractivity contribution >= 4 is 6.21 Å². The molecular formula is C15H21NO2. The molecular weight excluding hydrogens is 226 g/mol. The van der Waals surface area contributed by atoms with Gasteiger partial charge in [0.25, 0.3) is 0 Å². The van der Waals surface area contributed by atoms with E-state index < -0.39 is 0 Å². The Balaban J connectivity index is 1.53. The van der Waals surface area contributed by atoms with Crippen molar-refractivity contribution in [3.8, 4) is 0 Å². The average molecular weight is 247 g/mol. The molecule has 1 aromatic carbocycles. The smallest absolute Gasteiger partial charge is 0.104 e. The van der Waals surface area contributed by atoms with Gasteiger partial charge in [-0.2, -0.15) is 0 Å². The summed E-state index contributed by atoms with van der Waals surface area (Å²) in [5.41, 5.74) is 1.16. The van der Waals surface area contributed by atoms with E-state index in [9.17, 15) is 0 Å². The van der Waals surface area contributed by atoms with Crippen LogP contribution in [-0.2, 0) is 9.47 Å². The van der Waals surface area contributed by atoms with E-state index in [2.05, 4.69) is 24.0 Å². The summed E-state index contributed by atoms with van der Waals surface area (Å²) in [5.74, 6) is 0. The van der Waals surface area contributed by atoms with Crippen molar-refractivity contribution in [1.82, 2.24) is 0 Å². The molecule has 98 valence electrons. The summed E-state index contributed by atoms with van der Waals surface area (Å²) >= 11 is 0. The fourth-order valence-corrected chi connectivity index (χ4v) is 1.70. The van der Waals surface area contributed by atoms with Crippen LogP contribution in [0.1, 0.15) is 25.3 Å². The van der Waals surface area contributed by atoms with Gasteiger partial charge in [-0.15, -0.1) is 0 Å². The van der Waals surface area contributed by atoms with E-state index in [1.807, 2.05) is 24.4 Å². The van der Waals surface area contributed by atoms with Crippen molar-refractivity contribution in [2.24, 2.45) is 4.99 Å². The van der Waals surface area contributed by atoms with E-state index in [0.717, 1.165) is 38.2 Å². The molecule has 0 aliphatic carbocycles. The minimum absolute atomic E-state index is 0.307. The van der Waals surface area contributed by atoms with Crippen molar-refractivity contribution in [2.45, 2.75) is 32.0 Å². The predicted molar refractivity (Wildman–Crippen MR) is 73.3 cm³/mol. The van der Waals surface area contributed by atoms with Gasteiger partial charge in [0.15, 0.2) is 0 Å². The minimum atomic E-state index is 0.307. The first-order chi connectivity index (χ1) is 8.84. The van der Waals surface area contributed by atoms with Crippen molar-refractivity contribution in [2.75, 3.05) is 19.8 Å². The molecule has 0 radical (unpaired) electrons. The quantitative estimate of drug-likeness (QED) is 0.402. The summed E-state index contributed by atoms with van der Waals surface area (Å²) in [7, 11) is 0. The zero-order valence-corrected chi connectivity index (χ0v) is 10.9. The summed E-state index contributed by atoms with van der Waals surface area (Å²) in [6.07, 6.45) is 4.72. The highest BCUT2D eigenvalue weighted by molar-refractivity contribution is 5.79. The van der Waals surface area contributed by atoms with Gasteiger partial charge in [-0.1, -0.05) is 30.3 Å². The van der Waals surface area contributed by atoms with Gasteiger partial charge in [0.1, 0.15) is 6.10 Å². The van der Waals surface area contributed by atoms with Gasteiger partial charge in [0.2, 0.25) is 0 Å². The number of nitrogens with zero attached hydrogens (tertiary/aromatic N) is 1. The van der Waals surface area contributed by atoms with E-state index in [1.165, 1.54) is 0 Å².